The molecule has 0 aliphatic rings. The topological polar surface area (TPSA) is 75.3 Å². The fourth-order valence-corrected chi connectivity index (χ4v) is 3.12. The minimum Gasteiger partial charge on any atom is -0.493 e. The highest BCUT2D eigenvalue weighted by Gasteiger charge is 2.20. The molecule has 2 aromatic rings. The van der Waals surface area contributed by atoms with Gasteiger partial charge in [-0.25, -0.2) is 0 Å². The molecule has 1 amide bonds. The number of hydrogen-bond acceptors (Lipinski definition) is 6. The van der Waals surface area contributed by atoms with Crippen molar-refractivity contribution in [1.29, 1.82) is 0 Å². The van der Waals surface area contributed by atoms with E-state index in [1.54, 1.807) is 38.5 Å². The molecule has 0 aromatic heterocycles. The average Bonchev–Trinajstić information content (AvgIpc) is 2.73. The zero-order valence-corrected chi connectivity index (χ0v) is 18.2. The maximum Gasteiger partial charge on any atom is 0.251 e. The first-order valence-electron chi connectivity index (χ1n) is 9.01. The van der Waals surface area contributed by atoms with Crippen LogP contribution in [0.3, 0.4) is 0 Å². The number of ether oxygens (including phenoxy) is 5. The van der Waals surface area contributed by atoms with Crippen molar-refractivity contribution in [3.05, 3.63) is 40.4 Å². The van der Waals surface area contributed by atoms with E-state index in [4.69, 9.17) is 35.3 Å². The first-order chi connectivity index (χ1) is 13.9. The number of nitrogens with one attached hydrogen (secondary N) is 1. The van der Waals surface area contributed by atoms with Gasteiger partial charge >= 0.3 is 0 Å². The zero-order chi connectivity index (χ0) is 21.6. The summed E-state index contributed by atoms with van der Waals surface area (Å²) in [5.41, 5.74) is 1.14. The van der Waals surface area contributed by atoms with Crippen molar-refractivity contribution in [2.24, 2.45) is 0 Å². The summed E-state index contributed by atoms with van der Waals surface area (Å²) in [4.78, 5) is 12.8. The summed E-state index contributed by atoms with van der Waals surface area (Å²) < 4.78 is 26.9. The lowest BCUT2D eigenvalue weighted by Gasteiger charge is -2.19. The van der Waals surface area contributed by atoms with Crippen molar-refractivity contribution in [2.75, 3.05) is 35.0 Å². The Morgan fingerprint density at radius 3 is 1.97 bits per heavy atom. The summed E-state index contributed by atoms with van der Waals surface area (Å²) in [7, 11) is 6.11. The van der Waals surface area contributed by atoms with E-state index in [-0.39, 0.29) is 11.9 Å². The minimum atomic E-state index is -0.340. The summed E-state index contributed by atoms with van der Waals surface area (Å²) in [6, 6.07) is 6.38. The number of methoxy groups -OCH3 is 4. The Labute approximate surface area is 175 Å². The van der Waals surface area contributed by atoms with Crippen LogP contribution in [-0.2, 0) is 0 Å². The molecule has 0 saturated carbocycles. The molecule has 0 aliphatic carbocycles. The molecule has 1 N–H and O–H groups in total. The van der Waals surface area contributed by atoms with Gasteiger partial charge in [0.2, 0.25) is 5.75 Å². The summed E-state index contributed by atoms with van der Waals surface area (Å²) >= 11 is 6.27. The SMILES string of the molecule is CCOc1c(Cl)cc(C(=O)NC(C)c2cc(OC)c(OC)c(OC)c2)cc1OC. The maximum absolute atomic E-state index is 12.8. The molecule has 2 aromatic carbocycles. The van der Waals surface area contributed by atoms with E-state index in [1.165, 1.54) is 14.2 Å². The Bertz CT molecular complexity index is 845. The summed E-state index contributed by atoms with van der Waals surface area (Å²) in [6.45, 7) is 4.13. The zero-order valence-electron chi connectivity index (χ0n) is 17.4. The van der Waals surface area contributed by atoms with Crippen LogP contribution in [0.4, 0.5) is 0 Å². The Morgan fingerprint density at radius 1 is 0.931 bits per heavy atom. The second-order valence-electron chi connectivity index (χ2n) is 6.08. The van der Waals surface area contributed by atoms with E-state index in [1.807, 2.05) is 13.8 Å². The van der Waals surface area contributed by atoms with E-state index in [2.05, 4.69) is 5.32 Å². The van der Waals surface area contributed by atoms with Crippen molar-refractivity contribution in [1.82, 2.24) is 5.32 Å². The van der Waals surface area contributed by atoms with Crippen LogP contribution in [0, 0.1) is 0 Å². The van der Waals surface area contributed by atoms with Crippen molar-refractivity contribution in [3.63, 3.8) is 0 Å². The van der Waals surface area contributed by atoms with Gasteiger partial charge in [-0.15, -0.1) is 0 Å². The molecule has 2 rings (SSSR count). The van der Waals surface area contributed by atoms with Crippen LogP contribution in [0.2, 0.25) is 5.02 Å². The van der Waals surface area contributed by atoms with Gasteiger partial charge < -0.3 is 29.0 Å². The molecule has 29 heavy (non-hydrogen) atoms. The summed E-state index contributed by atoms with van der Waals surface area (Å²) in [5.74, 6) is 1.99. The molecular weight excluding hydrogens is 398 g/mol. The van der Waals surface area contributed by atoms with E-state index >= 15 is 0 Å². The quantitative estimate of drug-likeness (QED) is 0.649. The van der Waals surface area contributed by atoms with Crippen LogP contribution < -0.4 is 29.0 Å². The number of benzene rings is 2. The summed E-state index contributed by atoms with van der Waals surface area (Å²) in [6.07, 6.45) is 0. The van der Waals surface area contributed by atoms with Crippen molar-refractivity contribution >= 4 is 17.5 Å². The summed E-state index contributed by atoms with van der Waals surface area (Å²) in [5, 5.41) is 3.24. The Hall–Kier alpha value is -2.80. The third-order valence-electron chi connectivity index (χ3n) is 4.31. The molecule has 1 atom stereocenters. The largest absolute Gasteiger partial charge is 0.493 e. The van der Waals surface area contributed by atoms with Crippen LogP contribution in [0.1, 0.15) is 35.8 Å². The van der Waals surface area contributed by atoms with Gasteiger partial charge in [-0.2, -0.15) is 0 Å². The van der Waals surface area contributed by atoms with Gasteiger partial charge in [0.1, 0.15) is 0 Å². The first kappa shape index (κ1) is 22.5. The van der Waals surface area contributed by atoms with Crippen molar-refractivity contribution in [2.45, 2.75) is 19.9 Å². The van der Waals surface area contributed by atoms with Gasteiger partial charge in [0, 0.05) is 5.56 Å². The molecule has 0 fully saturated rings. The highest BCUT2D eigenvalue weighted by Crippen LogP contribution is 2.40. The highest BCUT2D eigenvalue weighted by molar-refractivity contribution is 6.32. The van der Waals surface area contributed by atoms with E-state index in [0.29, 0.717) is 45.9 Å². The lowest BCUT2D eigenvalue weighted by Crippen LogP contribution is -2.26. The number of halogens is 1. The van der Waals surface area contributed by atoms with Gasteiger partial charge in [-0.1, -0.05) is 11.6 Å². The van der Waals surface area contributed by atoms with E-state index in [9.17, 15) is 4.79 Å². The minimum absolute atomic E-state index is 0.303. The highest BCUT2D eigenvalue weighted by atomic mass is 35.5. The fourth-order valence-electron chi connectivity index (χ4n) is 2.85. The number of carbonyl (C=O) groups is 1. The van der Waals surface area contributed by atoms with Crippen LogP contribution in [0.5, 0.6) is 28.7 Å². The lowest BCUT2D eigenvalue weighted by atomic mass is 10.1. The third kappa shape index (κ3) is 4.98. The average molecular weight is 424 g/mol. The van der Waals surface area contributed by atoms with Gasteiger partial charge in [-0.3, -0.25) is 4.79 Å². The van der Waals surface area contributed by atoms with E-state index in [0.717, 1.165) is 5.56 Å². The predicted molar refractivity (Wildman–Crippen MR) is 111 cm³/mol. The van der Waals surface area contributed by atoms with Gasteiger partial charge in [0.25, 0.3) is 5.91 Å². The number of amides is 1. The number of rotatable bonds is 9. The number of hydrogen-bond donors (Lipinski definition) is 1. The monoisotopic (exact) mass is 423 g/mol. The van der Waals surface area contributed by atoms with Crippen LogP contribution >= 0.6 is 11.6 Å². The second kappa shape index (κ2) is 10.1. The second-order valence-corrected chi connectivity index (χ2v) is 6.48. The molecule has 158 valence electrons. The molecule has 0 spiro atoms. The fraction of sp³-hybridized carbons (Fsp3) is 0.381. The van der Waals surface area contributed by atoms with Crippen molar-refractivity contribution < 1.29 is 28.5 Å². The lowest BCUT2D eigenvalue weighted by molar-refractivity contribution is 0.0939. The van der Waals surface area contributed by atoms with Crippen LogP contribution in [0.25, 0.3) is 0 Å². The first-order valence-corrected chi connectivity index (χ1v) is 9.38. The van der Waals surface area contributed by atoms with Crippen LogP contribution in [0.15, 0.2) is 24.3 Å². The molecule has 8 heteroatoms. The standard InChI is InChI=1S/C21H26ClNO6/c1-7-29-19-15(22)8-14(11-16(19)25-3)21(24)23-12(2)13-9-17(26-4)20(28-6)18(10-13)27-5/h8-12H,7H2,1-6H3,(H,23,24). The molecule has 1 unspecified atom stereocenters. The van der Waals surface area contributed by atoms with Gasteiger partial charge in [-0.05, 0) is 43.7 Å². The van der Waals surface area contributed by atoms with Crippen molar-refractivity contribution in [3.8, 4) is 28.7 Å². The molecule has 0 bridgehead atoms. The molecule has 0 heterocycles. The molecule has 0 aliphatic heterocycles. The molecule has 0 saturated heterocycles. The predicted octanol–water partition coefficient (Wildman–Crippen LogP) is 4.26. The Balaban J connectivity index is 2.30. The molecule has 7 nitrogen and oxygen atoms in total. The normalized spacial score (nSPS) is 11.4. The Morgan fingerprint density at radius 2 is 1.48 bits per heavy atom. The van der Waals surface area contributed by atoms with E-state index < -0.39 is 0 Å². The maximum atomic E-state index is 12.8. The van der Waals surface area contributed by atoms with Crippen LogP contribution in [-0.4, -0.2) is 41.0 Å². The molecular formula is C21H26ClNO6. The number of carbonyl (C=O) groups excluding carboxylic acids is 1. The van der Waals surface area contributed by atoms with Gasteiger partial charge in [0.15, 0.2) is 23.0 Å². The smallest absolute Gasteiger partial charge is 0.251 e. The molecule has 0 radical (unpaired) electrons. The Kier molecular flexibility index (Phi) is 7.84. The van der Waals surface area contributed by atoms with Gasteiger partial charge in [0.05, 0.1) is 46.1 Å². The third-order valence-corrected chi connectivity index (χ3v) is 4.60.